The molecule has 9 rings (SSSR count). The number of ether oxygens (including phenoxy) is 1. The molecule has 0 saturated heterocycles. The number of fused-ring (bicyclic) bond motifs is 6. The van der Waals surface area contributed by atoms with Crippen LogP contribution >= 0.6 is 11.8 Å². The maximum absolute atomic E-state index is 6.49. The van der Waals surface area contributed by atoms with E-state index in [2.05, 4.69) is 60.7 Å². The lowest BCUT2D eigenvalue weighted by Gasteiger charge is -2.55. The molecule has 4 fully saturated rings. The lowest BCUT2D eigenvalue weighted by atomic mass is 9.49. The van der Waals surface area contributed by atoms with Crippen LogP contribution in [0.1, 0.15) is 49.7 Å². The van der Waals surface area contributed by atoms with Crippen LogP contribution in [0.5, 0.6) is 11.5 Å². The Balaban J connectivity index is 1.38. The van der Waals surface area contributed by atoms with Crippen molar-refractivity contribution >= 4 is 11.8 Å². The second-order valence-corrected chi connectivity index (χ2v) is 11.6. The number of hydrogen-bond donors (Lipinski definition) is 0. The first-order chi connectivity index (χ1) is 15.3. The summed E-state index contributed by atoms with van der Waals surface area (Å²) in [6, 6.07) is 22.8. The number of hydrogen-bond acceptors (Lipinski definition) is 2. The van der Waals surface area contributed by atoms with Crippen molar-refractivity contribution < 1.29 is 4.74 Å². The molecule has 0 unspecified atom stereocenters. The Hall–Kier alpha value is -2.19. The summed E-state index contributed by atoms with van der Waals surface area (Å²) in [5.41, 5.74) is 6.40. The highest BCUT2D eigenvalue weighted by Gasteiger charge is 2.60. The zero-order valence-electron chi connectivity index (χ0n) is 17.6. The minimum Gasteiger partial charge on any atom is -0.455 e. The Morgan fingerprint density at radius 1 is 0.677 bits per heavy atom. The summed E-state index contributed by atoms with van der Waals surface area (Å²) in [4.78, 5) is 2.49. The summed E-state index contributed by atoms with van der Waals surface area (Å²) in [6.07, 6.45) is 8.66. The predicted octanol–water partition coefficient (Wildman–Crippen LogP) is 8.06. The van der Waals surface area contributed by atoms with Crippen LogP contribution < -0.4 is 4.74 Å². The van der Waals surface area contributed by atoms with Crippen LogP contribution in [0.2, 0.25) is 0 Å². The van der Waals surface area contributed by atoms with Crippen LogP contribution in [-0.2, 0) is 5.41 Å². The molecule has 2 heteroatoms. The molecule has 0 aromatic heterocycles. The second kappa shape index (κ2) is 5.98. The zero-order valence-corrected chi connectivity index (χ0v) is 18.5. The average Bonchev–Trinajstić information content (AvgIpc) is 2.90. The third-order valence-corrected chi connectivity index (χ3v) is 10.3. The maximum Gasteiger partial charge on any atom is 0.141 e. The number of rotatable bonds is 0. The molecule has 1 aliphatic heterocycles. The van der Waals surface area contributed by atoms with Gasteiger partial charge in [-0.05, 0) is 95.9 Å². The molecule has 0 radical (unpaired) electrons. The van der Waals surface area contributed by atoms with Crippen molar-refractivity contribution in [2.45, 2.75) is 53.7 Å². The largest absolute Gasteiger partial charge is 0.455 e. The van der Waals surface area contributed by atoms with Gasteiger partial charge in [-0.3, -0.25) is 0 Å². The molecule has 0 atom stereocenters. The van der Waals surface area contributed by atoms with Gasteiger partial charge >= 0.3 is 0 Å². The van der Waals surface area contributed by atoms with Gasteiger partial charge in [0.25, 0.3) is 0 Å². The highest BCUT2D eigenvalue weighted by Crippen LogP contribution is 2.69. The van der Waals surface area contributed by atoms with E-state index < -0.39 is 0 Å². The molecule has 1 spiro atoms. The fourth-order valence-corrected chi connectivity index (χ4v) is 9.23. The normalized spacial score (nSPS) is 33.3. The molecule has 6 aliphatic rings. The second-order valence-electron chi connectivity index (χ2n) is 10.6. The van der Waals surface area contributed by atoms with Gasteiger partial charge < -0.3 is 4.74 Å². The molecular weight excluding hydrogens is 396 g/mol. The highest BCUT2D eigenvalue weighted by molar-refractivity contribution is 7.99. The van der Waals surface area contributed by atoms with E-state index in [1.165, 1.54) is 59.4 Å². The Morgan fingerprint density at radius 2 is 1.39 bits per heavy atom. The van der Waals surface area contributed by atoms with E-state index in [-0.39, 0.29) is 5.41 Å². The summed E-state index contributed by atoms with van der Waals surface area (Å²) in [5.74, 6) is 5.58. The van der Waals surface area contributed by atoms with E-state index in [0.717, 1.165) is 35.2 Å². The summed E-state index contributed by atoms with van der Waals surface area (Å²) in [7, 11) is 0. The Morgan fingerprint density at radius 3 is 2.19 bits per heavy atom. The van der Waals surface area contributed by atoms with Crippen LogP contribution in [0.4, 0.5) is 0 Å². The summed E-state index contributed by atoms with van der Waals surface area (Å²) in [5, 5.41) is 0. The topological polar surface area (TPSA) is 9.23 Å². The van der Waals surface area contributed by atoms with Crippen LogP contribution in [-0.4, -0.2) is 0 Å². The van der Waals surface area contributed by atoms with Crippen molar-refractivity contribution in [2.24, 2.45) is 23.7 Å². The lowest BCUT2D eigenvalue weighted by Crippen LogP contribution is -2.50. The SMILES string of the molecule is c1ccc2c(c1)Oc1cc3c(cc1S2)-c1ccccc1C31C2CC3CCC(C2)CC1C3. The zero-order chi connectivity index (χ0) is 20.2. The van der Waals surface area contributed by atoms with Gasteiger partial charge in [-0.1, -0.05) is 61.0 Å². The summed E-state index contributed by atoms with van der Waals surface area (Å²) in [6.45, 7) is 0. The van der Waals surface area contributed by atoms with Gasteiger partial charge in [-0.25, -0.2) is 0 Å². The van der Waals surface area contributed by atoms with Gasteiger partial charge in [0, 0.05) is 5.41 Å². The fourth-order valence-electron chi connectivity index (χ4n) is 8.26. The maximum atomic E-state index is 6.49. The van der Waals surface area contributed by atoms with Crippen LogP contribution in [0.25, 0.3) is 11.1 Å². The molecule has 154 valence electrons. The van der Waals surface area contributed by atoms with Crippen LogP contribution in [0.15, 0.2) is 70.5 Å². The van der Waals surface area contributed by atoms with E-state index in [1.807, 2.05) is 11.8 Å². The molecule has 3 aromatic carbocycles. The van der Waals surface area contributed by atoms with Gasteiger partial charge in [0.15, 0.2) is 0 Å². The van der Waals surface area contributed by atoms with Gasteiger partial charge in [-0.2, -0.15) is 0 Å². The van der Waals surface area contributed by atoms with Crippen molar-refractivity contribution in [3.63, 3.8) is 0 Å². The molecule has 31 heavy (non-hydrogen) atoms. The number of benzene rings is 3. The molecule has 1 nitrogen and oxygen atoms in total. The first-order valence-electron chi connectivity index (χ1n) is 12.0. The summed E-state index contributed by atoms with van der Waals surface area (Å²) >= 11 is 1.87. The minimum absolute atomic E-state index is 0.212. The van der Waals surface area contributed by atoms with Crippen molar-refractivity contribution in [2.75, 3.05) is 0 Å². The van der Waals surface area contributed by atoms with E-state index in [1.54, 1.807) is 11.1 Å². The molecule has 1 heterocycles. The van der Waals surface area contributed by atoms with Gasteiger partial charge in [0.2, 0.25) is 0 Å². The molecule has 0 amide bonds. The molecule has 4 bridgehead atoms. The van der Waals surface area contributed by atoms with Gasteiger partial charge in [0.1, 0.15) is 11.5 Å². The third-order valence-electron chi connectivity index (χ3n) is 9.22. The monoisotopic (exact) mass is 422 g/mol. The van der Waals surface area contributed by atoms with E-state index in [4.69, 9.17) is 4.74 Å². The van der Waals surface area contributed by atoms with E-state index in [0.29, 0.717) is 0 Å². The Bertz CT molecular complexity index is 1210. The fraction of sp³-hybridized carbons (Fsp3) is 0.379. The molecule has 0 N–H and O–H groups in total. The quantitative estimate of drug-likeness (QED) is 0.283. The van der Waals surface area contributed by atoms with Crippen LogP contribution in [0, 0.1) is 23.7 Å². The van der Waals surface area contributed by atoms with E-state index >= 15 is 0 Å². The third kappa shape index (κ3) is 2.15. The first kappa shape index (κ1) is 17.4. The Labute approximate surface area is 188 Å². The van der Waals surface area contributed by atoms with Gasteiger partial charge in [0.05, 0.1) is 9.79 Å². The van der Waals surface area contributed by atoms with Crippen molar-refractivity contribution in [3.05, 3.63) is 71.8 Å². The highest BCUT2D eigenvalue weighted by atomic mass is 32.2. The first-order valence-corrected chi connectivity index (χ1v) is 12.9. The van der Waals surface area contributed by atoms with Crippen molar-refractivity contribution in [1.82, 2.24) is 0 Å². The van der Waals surface area contributed by atoms with Crippen molar-refractivity contribution in [3.8, 4) is 22.6 Å². The average molecular weight is 423 g/mol. The molecular formula is C29H26OS. The standard InChI is InChI=1S/C29H26OS/c1-2-6-23-21(5-1)22-15-28-26(30-25-7-3-4-8-27(25)31-28)16-24(22)29(23)19-11-17-9-10-18(13-19)14-20(29)12-17/h1-8,15-20H,9-14H2. The summed E-state index contributed by atoms with van der Waals surface area (Å²) < 4.78 is 6.49. The Kier molecular flexibility index (Phi) is 3.35. The minimum atomic E-state index is 0.212. The van der Waals surface area contributed by atoms with Crippen molar-refractivity contribution in [1.29, 1.82) is 0 Å². The molecule has 5 aliphatic carbocycles. The number of para-hydroxylation sites is 1. The smallest absolute Gasteiger partial charge is 0.141 e. The van der Waals surface area contributed by atoms with Crippen LogP contribution in [0.3, 0.4) is 0 Å². The molecule has 4 saturated carbocycles. The van der Waals surface area contributed by atoms with E-state index in [9.17, 15) is 0 Å². The van der Waals surface area contributed by atoms with Gasteiger partial charge in [-0.15, -0.1) is 0 Å². The molecule has 3 aromatic rings. The lowest BCUT2D eigenvalue weighted by molar-refractivity contribution is 0.0461. The predicted molar refractivity (Wildman–Crippen MR) is 125 cm³/mol.